The summed E-state index contributed by atoms with van der Waals surface area (Å²) in [5, 5.41) is 0.621. The van der Waals surface area contributed by atoms with Gasteiger partial charge in [0.15, 0.2) is 6.29 Å². The van der Waals surface area contributed by atoms with Crippen LogP contribution in [0.2, 0.25) is 5.02 Å². The number of hydrogen-bond donors (Lipinski definition) is 0. The first kappa shape index (κ1) is 12.4. The topological polar surface area (TPSA) is 20.3 Å². The summed E-state index contributed by atoms with van der Waals surface area (Å²) in [5.41, 5.74) is 1.72. The van der Waals surface area contributed by atoms with Gasteiger partial charge in [0.2, 0.25) is 0 Å². The van der Waals surface area contributed by atoms with E-state index in [-0.39, 0.29) is 0 Å². The van der Waals surface area contributed by atoms with E-state index in [9.17, 15) is 4.79 Å². The zero-order valence-electron chi connectivity index (χ0n) is 10.3. The van der Waals surface area contributed by atoms with Gasteiger partial charge < -0.3 is 4.90 Å². The maximum atomic E-state index is 11.1. The number of hydrogen-bond acceptors (Lipinski definition) is 2. The zero-order valence-corrected chi connectivity index (χ0v) is 11.1. The Morgan fingerprint density at radius 2 is 2.24 bits per heavy atom. The van der Waals surface area contributed by atoms with Crippen molar-refractivity contribution >= 4 is 23.6 Å². The van der Waals surface area contributed by atoms with Crippen LogP contribution in [-0.4, -0.2) is 19.4 Å². The number of aldehydes is 1. The quantitative estimate of drug-likeness (QED) is 0.765. The summed E-state index contributed by atoms with van der Waals surface area (Å²) in [5.74, 6) is 1.43. The Balaban J connectivity index is 2.21. The molecule has 3 heteroatoms. The Morgan fingerprint density at radius 1 is 1.47 bits per heavy atom. The largest absolute Gasteiger partial charge is 0.371 e. The number of carbonyl (C=O) groups excluding carboxylic acids is 1. The van der Waals surface area contributed by atoms with E-state index in [0.717, 1.165) is 31.0 Å². The summed E-state index contributed by atoms with van der Waals surface area (Å²) in [6.07, 6.45) is 2.10. The van der Waals surface area contributed by atoms with Crippen molar-refractivity contribution in [2.75, 3.05) is 18.0 Å². The Bertz CT molecular complexity index is 417. The molecule has 1 saturated heterocycles. The number of halogens is 1. The number of rotatable bonds is 3. The van der Waals surface area contributed by atoms with Crippen LogP contribution in [0.5, 0.6) is 0 Å². The second-order valence-electron chi connectivity index (χ2n) is 5.06. The number of anilines is 1. The summed E-state index contributed by atoms with van der Waals surface area (Å²) in [7, 11) is 0. The standard InChI is InChI=1S/C14H18ClNO/c1-10(2)11-5-6-16(8-11)14-4-3-13(15)7-12(14)9-17/h3-4,7,9-11H,5-6,8H2,1-2H3. The maximum absolute atomic E-state index is 11.1. The van der Waals surface area contributed by atoms with E-state index in [1.165, 1.54) is 6.42 Å². The molecule has 1 heterocycles. The van der Waals surface area contributed by atoms with Gasteiger partial charge in [-0.25, -0.2) is 0 Å². The zero-order chi connectivity index (χ0) is 12.4. The lowest BCUT2D eigenvalue weighted by molar-refractivity contribution is 0.112. The van der Waals surface area contributed by atoms with E-state index in [1.54, 1.807) is 6.07 Å². The average molecular weight is 252 g/mol. The van der Waals surface area contributed by atoms with E-state index >= 15 is 0 Å². The molecule has 17 heavy (non-hydrogen) atoms. The summed E-state index contributed by atoms with van der Waals surface area (Å²) < 4.78 is 0. The molecule has 0 N–H and O–H groups in total. The molecule has 1 fully saturated rings. The van der Waals surface area contributed by atoms with E-state index < -0.39 is 0 Å². The maximum Gasteiger partial charge on any atom is 0.152 e. The van der Waals surface area contributed by atoms with Crippen molar-refractivity contribution in [3.05, 3.63) is 28.8 Å². The summed E-state index contributed by atoms with van der Waals surface area (Å²) >= 11 is 5.90. The minimum Gasteiger partial charge on any atom is -0.371 e. The molecule has 92 valence electrons. The SMILES string of the molecule is CC(C)C1CCN(c2ccc(Cl)cc2C=O)C1. The lowest BCUT2D eigenvalue weighted by atomic mass is 9.95. The minimum atomic E-state index is 0.621. The molecule has 1 aromatic rings. The summed E-state index contributed by atoms with van der Waals surface area (Å²) in [6, 6.07) is 5.55. The summed E-state index contributed by atoms with van der Waals surface area (Å²) in [4.78, 5) is 13.4. The molecule has 0 aliphatic carbocycles. The van der Waals surface area contributed by atoms with Crippen molar-refractivity contribution in [3.63, 3.8) is 0 Å². The smallest absolute Gasteiger partial charge is 0.152 e. The summed E-state index contributed by atoms with van der Waals surface area (Å²) in [6.45, 7) is 6.60. The van der Waals surface area contributed by atoms with Crippen LogP contribution in [0.3, 0.4) is 0 Å². The Morgan fingerprint density at radius 3 is 2.82 bits per heavy atom. The predicted octanol–water partition coefficient (Wildman–Crippen LogP) is 3.63. The van der Waals surface area contributed by atoms with Crippen LogP contribution in [0.15, 0.2) is 18.2 Å². The van der Waals surface area contributed by atoms with Crippen molar-refractivity contribution in [1.29, 1.82) is 0 Å². The van der Waals surface area contributed by atoms with Gasteiger partial charge in [-0.15, -0.1) is 0 Å². The van der Waals surface area contributed by atoms with Gasteiger partial charge in [-0.3, -0.25) is 4.79 Å². The fourth-order valence-corrected chi connectivity index (χ4v) is 2.64. The van der Waals surface area contributed by atoms with Crippen LogP contribution < -0.4 is 4.90 Å². The lowest BCUT2D eigenvalue weighted by Crippen LogP contribution is -2.22. The third kappa shape index (κ3) is 2.63. The molecule has 1 aliphatic rings. The van der Waals surface area contributed by atoms with Crippen molar-refractivity contribution in [3.8, 4) is 0 Å². The van der Waals surface area contributed by atoms with Gasteiger partial charge in [0.25, 0.3) is 0 Å². The lowest BCUT2D eigenvalue weighted by Gasteiger charge is -2.21. The first-order valence-corrected chi connectivity index (χ1v) is 6.49. The van der Waals surface area contributed by atoms with Crippen LogP contribution in [-0.2, 0) is 0 Å². The highest BCUT2D eigenvalue weighted by Gasteiger charge is 2.26. The van der Waals surface area contributed by atoms with E-state index in [2.05, 4.69) is 18.7 Å². The average Bonchev–Trinajstić information content (AvgIpc) is 2.78. The number of benzene rings is 1. The van der Waals surface area contributed by atoms with E-state index in [0.29, 0.717) is 16.5 Å². The first-order valence-electron chi connectivity index (χ1n) is 6.11. The van der Waals surface area contributed by atoms with Crippen LogP contribution in [0.1, 0.15) is 30.6 Å². The molecule has 1 aliphatic heterocycles. The van der Waals surface area contributed by atoms with Gasteiger partial charge in [-0.05, 0) is 36.5 Å². The van der Waals surface area contributed by atoms with Crippen molar-refractivity contribution in [2.45, 2.75) is 20.3 Å². The predicted molar refractivity (Wildman–Crippen MR) is 72.0 cm³/mol. The molecule has 1 unspecified atom stereocenters. The molecule has 0 amide bonds. The molecule has 0 aromatic heterocycles. The first-order chi connectivity index (χ1) is 8.11. The molecule has 2 rings (SSSR count). The molecule has 0 spiro atoms. The molecule has 2 nitrogen and oxygen atoms in total. The number of carbonyl (C=O) groups is 1. The van der Waals surface area contributed by atoms with E-state index in [1.807, 2.05) is 12.1 Å². The highest BCUT2D eigenvalue weighted by Crippen LogP contribution is 2.31. The van der Waals surface area contributed by atoms with Gasteiger partial charge in [0.05, 0.1) is 0 Å². The molecule has 1 aromatic carbocycles. The van der Waals surface area contributed by atoms with Crippen LogP contribution in [0.25, 0.3) is 0 Å². The van der Waals surface area contributed by atoms with Crippen LogP contribution in [0, 0.1) is 11.8 Å². The third-order valence-electron chi connectivity index (χ3n) is 3.62. The van der Waals surface area contributed by atoms with E-state index in [4.69, 9.17) is 11.6 Å². The second kappa shape index (κ2) is 5.09. The Labute approximate surface area is 108 Å². The highest BCUT2D eigenvalue weighted by atomic mass is 35.5. The molecule has 0 bridgehead atoms. The minimum absolute atomic E-state index is 0.621. The molecular formula is C14H18ClNO. The van der Waals surface area contributed by atoms with Crippen LogP contribution in [0.4, 0.5) is 5.69 Å². The molecular weight excluding hydrogens is 234 g/mol. The van der Waals surface area contributed by atoms with Gasteiger partial charge in [0.1, 0.15) is 0 Å². The van der Waals surface area contributed by atoms with Crippen molar-refractivity contribution in [1.82, 2.24) is 0 Å². The second-order valence-corrected chi connectivity index (χ2v) is 5.50. The Kier molecular flexibility index (Phi) is 3.72. The Hall–Kier alpha value is -1.02. The van der Waals surface area contributed by atoms with Crippen LogP contribution >= 0.6 is 11.6 Å². The molecule has 0 saturated carbocycles. The van der Waals surface area contributed by atoms with Crippen molar-refractivity contribution in [2.24, 2.45) is 11.8 Å². The van der Waals surface area contributed by atoms with Gasteiger partial charge >= 0.3 is 0 Å². The number of nitrogens with zero attached hydrogens (tertiary/aromatic N) is 1. The van der Waals surface area contributed by atoms with Gasteiger partial charge in [0, 0.05) is 29.4 Å². The molecule has 1 atom stereocenters. The fourth-order valence-electron chi connectivity index (χ4n) is 2.46. The highest BCUT2D eigenvalue weighted by molar-refractivity contribution is 6.31. The van der Waals surface area contributed by atoms with Gasteiger partial charge in [-0.1, -0.05) is 25.4 Å². The van der Waals surface area contributed by atoms with Gasteiger partial charge in [-0.2, -0.15) is 0 Å². The normalized spacial score (nSPS) is 20.0. The monoisotopic (exact) mass is 251 g/mol. The fraction of sp³-hybridized carbons (Fsp3) is 0.500. The third-order valence-corrected chi connectivity index (χ3v) is 3.86. The molecule has 0 radical (unpaired) electrons. The van der Waals surface area contributed by atoms with Crippen molar-refractivity contribution < 1.29 is 4.79 Å².